The highest BCUT2D eigenvalue weighted by molar-refractivity contribution is 14.1. The van der Waals surface area contributed by atoms with E-state index in [4.69, 9.17) is 5.73 Å². The minimum atomic E-state index is -4.86. The zero-order valence-corrected chi connectivity index (χ0v) is 8.56. The predicted molar refractivity (Wildman–Crippen MR) is 48.0 cm³/mol. The van der Waals surface area contributed by atoms with Gasteiger partial charge < -0.3 is 10.5 Å². The highest BCUT2D eigenvalue weighted by Gasteiger charge is 2.32. The van der Waals surface area contributed by atoms with Crippen LogP contribution in [0.3, 0.4) is 0 Å². The van der Waals surface area contributed by atoms with E-state index in [1.165, 1.54) is 22.6 Å². The monoisotopic (exact) mass is 322 g/mol. The molecule has 2 N–H and O–H groups in total. The van der Waals surface area contributed by atoms with Crippen LogP contribution in [-0.2, 0) is 0 Å². The maximum Gasteiger partial charge on any atom is 0.574 e. The fraction of sp³-hybridized carbons (Fsp3) is 0.167. The Morgan fingerprint density at radius 2 is 2.00 bits per heavy atom. The lowest BCUT2D eigenvalue weighted by molar-refractivity contribution is -0.276. The summed E-state index contributed by atoms with van der Waals surface area (Å²) in [4.78, 5) is 3.07. The SMILES string of the molecule is Nc1nc(OC(F)(F)F)cc(I)c1F. The number of halogens is 5. The number of nitrogens with zero attached hydrogens (tertiary/aromatic N) is 1. The Labute approximate surface area is 89.4 Å². The van der Waals surface area contributed by atoms with Crippen LogP contribution in [0.2, 0.25) is 0 Å². The van der Waals surface area contributed by atoms with E-state index >= 15 is 0 Å². The smallest absolute Gasteiger partial charge is 0.388 e. The first-order valence-electron chi connectivity index (χ1n) is 3.17. The van der Waals surface area contributed by atoms with Crippen molar-refractivity contribution in [1.29, 1.82) is 0 Å². The Balaban J connectivity index is 3.02. The molecular formula is C6H3F4IN2O. The molecule has 0 atom stereocenters. The average Bonchev–Trinajstić information content (AvgIpc) is 1.96. The standard InChI is InChI=1S/C6H3F4IN2O/c7-4-2(11)1-3(13-5(4)12)14-6(8,9)10/h1H,(H2,12,13). The number of rotatable bonds is 1. The second-order valence-corrected chi connectivity index (χ2v) is 3.35. The summed E-state index contributed by atoms with van der Waals surface area (Å²) in [5.74, 6) is -2.27. The van der Waals surface area contributed by atoms with E-state index in [9.17, 15) is 17.6 Å². The molecule has 0 aliphatic carbocycles. The van der Waals surface area contributed by atoms with Crippen LogP contribution in [0, 0.1) is 9.39 Å². The predicted octanol–water partition coefficient (Wildman–Crippen LogP) is 2.31. The summed E-state index contributed by atoms with van der Waals surface area (Å²) in [6, 6.07) is 0.805. The summed E-state index contributed by atoms with van der Waals surface area (Å²) in [7, 11) is 0. The molecule has 0 saturated heterocycles. The zero-order valence-electron chi connectivity index (χ0n) is 6.40. The van der Waals surface area contributed by atoms with Gasteiger partial charge in [0.05, 0.1) is 3.57 Å². The van der Waals surface area contributed by atoms with Crippen molar-refractivity contribution in [3.63, 3.8) is 0 Å². The van der Waals surface area contributed by atoms with E-state index in [0.717, 1.165) is 6.07 Å². The maximum absolute atomic E-state index is 12.8. The zero-order chi connectivity index (χ0) is 10.9. The quantitative estimate of drug-likeness (QED) is 0.638. The molecule has 1 rings (SSSR count). The number of nitrogens with two attached hydrogens (primary N) is 1. The molecule has 0 unspecified atom stereocenters. The van der Waals surface area contributed by atoms with Crippen LogP contribution < -0.4 is 10.5 Å². The van der Waals surface area contributed by atoms with Gasteiger partial charge in [-0.05, 0) is 22.6 Å². The molecule has 0 radical (unpaired) electrons. The normalized spacial score (nSPS) is 11.5. The second-order valence-electron chi connectivity index (χ2n) is 2.19. The van der Waals surface area contributed by atoms with E-state index in [2.05, 4.69) is 9.72 Å². The van der Waals surface area contributed by atoms with Crippen LogP contribution in [0.5, 0.6) is 5.88 Å². The first kappa shape index (κ1) is 11.3. The number of ether oxygens (including phenoxy) is 1. The van der Waals surface area contributed by atoms with Crippen LogP contribution in [0.4, 0.5) is 23.4 Å². The molecule has 0 aliphatic heterocycles. The number of hydrogen-bond acceptors (Lipinski definition) is 3. The van der Waals surface area contributed by atoms with Crippen LogP contribution in [0.25, 0.3) is 0 Å². The molecule has 0 spiro atoms. The van der Waals surface area contributed by atoms with Gasteiger partial charge in [0, 0.05) is 6.07 Å². The molecule has 78 valence electrons. The Morgan fingerprint density at radius 1 is 1.43 bits per heavy atom. The molecule has 0 aromatic carbocycles. The summed E-state index contributed by atoms with van der Waals surface area (Å²) in [5, 5.41) is 0. The fourth-order valence-electron chi connectivity index (χ4n) is 0.665. The summed E-state index contributed by atoms with van der Waals surface area (Å²) in [6.45, 7) is 0. The molecular weight excluding hydrogens is 319 g/mol. The largest absolute Gasteiger partial charge is 0.574 e. The summed E-state index contributed by atoms with van der Waals surface area (Å²) < 4.78 is 51.3. The van der Waals surface area contributed by atoms with Crippen molar-refractivity contribution in [2.24, 2.45) is 0 Å². The molecule has 8 heteroatoms. The number of nitrogen functional groups attached to an aromatic ring is 1. The third kappa shape index (κ3) is 2.86. The number of aromatic nitrogens is 1. The molecule has 0 saturated carbocycles. The fourth-order valence-corrected chi connectivity index (χ4v) is 1.21. The van der Waals surface area contributed by atoms with Crippen molar-refractivity contribution in [3.8, 4) is 5.88 Å². The lowest BCUT2D eigenvalue weighted by Gasteiger charge is -2.08. The van der Waals surface area contributed by atoms with Gasteiger partial charge in [0.2, 0.25) is 5.88 Å². The summed E-state index contributed by atoms with van der Waals surface area (Å²) in [6.07, 6.45) is -4.86. The van der Waals surface area contributed by atoms with E-state index < -0.39 is 23.9 Å². The van der Waals surface area contributed by atoms with Crippen molar-refractivity contribution in [1.82, 2.24) is 4.98 Å². The third-order valence-corrected chi connectivity index (χ3v) is 1.92. The van der Waals surface area contributed by atoms with Crippen molar-refractivity contribution in [2.45, 2.75) is 6.36 Å². The molecule has 0 aliphatic rings. The molecule has 1 aromatic heterocycles. The minimum absolute atomic E-state index is 0.0886. The first-order valence-corrected chi connectivity index (χ1v) is 4.25. The van der Waals surface area contributed by atoms with Crippen LogP contribution in [0.1, 0.15) is 0 Å². The van der Waals surface area contributed by atoms with Gasteiger partial charge >= 0.3 is 6.36 Å². The Bertz CT molecular complexity index is 331. The molecule has 14 heavy (non-hydrogen) atoms. The first-order chi connectivity index (χ1) is 6.29. The lowest BCUT2D eigenvalue weighted by Crippen LogP contribution is -2.18. The third-order valence-electron chi connectivity index (χ3n) is 1.14. The van der Waals surface area contributed by atoms with E-state index in [1.54, 1.807) is 0 Å². The van der Waals surface area contributed by atoms with Crippen LogP contribution >= 0.6 is 22.6 Å². The van der Waals surface area contributed by atoms with Crippen molar-refractivity contribution < 1.29 is 22.3 Å². The van der Waals surface area contributed by atoms with Crippen molar-refractivity contribution >= 4 is 28.4 Å². The Hall–Kier alpha value is -0.800. The van der Waals surface area contributed by atoms with Gasteiger partial charge in [0.15, 0.2) is 11.6 Å². The van der Waals surface area contributed by atoms with E-state index in [0.29, 0.717) is 0 Å². The number of hydrogen-bond donors (Lipinski definition) is 1. The lowest BCUT2D eigenvalue weighted by atomic mass is 10.4. The van der Waals surface area contributed by atoms with Crippen LogP contribution in [0.15, 0.2) is 6.07 Å². The highest BCUT2D eigenvalue weighted by atomic mass is 127. The van der Waals surface area contributed by atoms with Gasteiger partial charge in [0.1, 0.15) is 0 Å². The maximum atomic E-state index is 12.8. The Morgan fingerprint density at radius 3 is 2.43 bits per heavy atom. The highest BCUT2D eigenvalue weighted by Crippen LogP contribution is 2.25. The van der Waals surface area contributed by atoms with Gasteiger partial charge in [-0.2, -0.15) is 4.98 Å². The number of alkyl halides is 3. The summed E-state index contributed by atoms with van der Waals surface area (Å²) in [5.41, 5.74) is 5.00. The molecule has 3 nitrogen and oxygen atoms in total. The molecule has 0 amide bonds. The second kappa shape index (κ2) is 3.75. The van der Waals surface area contributed by atoms with E-state index in [-0.39, 0.29) is 3.57 Å². The van der Waals surface area contributed by atoms with Gasteiger partial charge in [-0.15, -0.1) is 13.2 Å². The van der Waals surface area contributed by atoms with Gasteiger partial charge in [-0.3, -0.25) is 0 Å². The number of anilines is 1. The van der Waals surface area contributed by atoms with Gasteiger partial charge in [0.25, 0.3) is 0 Å². The molecule has 1 aromatic rings. The molecule has 1 heterocycles. The van der Waals surface area contributed by atoms with Crippen LogP contribution in [-0.4, -0.2) is 11.3 Å². The minimum Gasteiger partial charge on any atom is -0.388 e. The van der Waals surface area contributed by atoms with Gasteiger partial charge in [-0.1, -0.05) is 0 Å². The molecule has 0 bridgehead atoms. The van der Waals surface area contributed by atoms with Crippen molar-refractivity contribution in [2.75, 3.05) is 5.73 Å². The number of pyridine rings is 1. The molecule has 0 fully saturated rings. The van der Waals surface area contributed by atoms with Gasteiger partial charge in [-0.25, -0.2) is 4.39 Å². The summed E-state index contributed by atoms with van der Waals surface area (Å²) >= 11 is 1.48. The topological polar surface area (TPSA) is 48.1 Å². The van der Waals surface area contributed by atoms with Crippen molar-refractivity contribution in [3.05, 3.63) is 15.5 Å². The van der Waals surface area contributed by atoms with E-state index in [1.807, 2.05) is 0 Å². The average molecular weight is 322 g/mol. The Kier molecular flexibility index (Phi) is 3.02.